The second-order valence-corrected chi connectivity index (χ2v) is 6.95. The van der Waals surface area contributed by atoms with Crippen LogP contribution >= 0.6 is 0 Å². The number of methoxy groups -OCH3 is 1. The molecule has 1 aliphatic carbocycles. The minimum Gasteiger partial charge on any atom is -0.497 e. The summed E-state index contributed by atoms with van der Waals surface area (Å²) < 4.78 is 5.37. The van der Waals surface area contributed by atoms with E-state index in [-0.39, 0.29) is 6.04 Å². The van der Waals surface area contributed by atoms with Crippen molar-refractivity contribution in [2.24, 2.45) is 4.99 Å². The summed E-state index contributed by atoms with van der Waals surface area (Å²) in [6.45, 7) is 3.70. The maximum atomic E-state index is 5.37. The monoisotopic (exact) mass is 346 g/mol. The highest BCUT2D eigenvalue weighted by Crippen LogP contribution is 2.23. The molecule has 25 heavy (non-hydrogen) atoms. The molecule has 2 N–H and O–H groups in total. The highest BCUT2D eigenvalue weighted by molar-refractivity contribution is 5.80. The SMILES string of the molecule is CCNC(=NCC(c1cccc(OC)c1)N(C)C)NC1CCCCC1. The topological polar surface area (TPSA) is 48.9 Å². The Kier molecular flexibility index (Phi) is 8.06. The van der Waals surface area contributed by atoms with Crippen molar-refractivity contribution in [2.75, 3.05) is 34.3 Å². The van der Waals surface area contributed by atoms with E-state index in [1.165, 1.54) is 37.7 Å². The average Bonchev–Trinajstić information content (AvgIpc) is 2.63. The van der Waals surface area contributed by atoms with E-state index in [0.717, 1.165) is 18.3 Å². The van der Waals surface area contributed by atoms with Crippen LogP contribution in [0.5, 0.6) is 5.75 Å². The molecule has 2 rings (SSSR count). The molecule has 1 fully saturated rings. The van der Waals surface area contributed by atoms with E-state index in [9.17, 15) is 0 Å². The fraction of sp³-hybridized carbons (Fsp3) is 0.650. The van der Waals surface area contributed by atoms with Gasteiger partial charge in [-0.2, -0.15) is 0 Å². The molecule has 0 aromatic heterocycles. The molecule has 1 unspecified atom stereocenters. The van der Waals surface area contributed by atoms with E-state index in [1.807, 2.05) is 12.1 Å². The predicted octanol–water partition coefficient (Wildman–Crippen LogP) is 3.19. The first-order valence-corrected chi connectivity index (χ1v) is 9.49. The van der Waals surface area contributed by atoms with Crippen LogP contribution in [-0.4, -0.2) is 51.2 Å². The van der Waals surface area contributed by atoms with E-state index in [4.69, 9.17) is 9.73 Å². The zero-order valence-electron chi connectivity index (χ0n) is 16.2. The van der Waals surface area contributed by atoms with Crippen LogP contribution in [0.3, 0.4) is 0 Å². The summed E-state index contributed by atoms with van der Waals surface area (Å²) in [5.74, 6) is 1.82. The first-order chi connectivity index (χ1) is 12.1. The second kappa shape index (κ2) is 10.3. The Balaban J connectivity index is 2.07. The number of hydrogen-bond acceptors (Lipinski definition) is 3. The lowest BCUT2D eigenvalue weighted by Gasteiger charge is -2.27. The first kappa shape index (κ1) is 19.6. The van der Waals surface area contributed by atoms with Crippen molar-refractivity contribution in [3.05, 3.63) is 29.8 Å². The minimum absolute atomic E-state index is 0.219. The molecular formula is C20H34N4O. The van der Waals surface area contributed by atoms with Crippen molar-refractivity contribution >= 4 is 5.96 Å². The summed E-state index contributed by atoms with van der Waals surface area (Å²) in [5.41, 5.74) is 1.22. The number of likely N-dealkylation sites (N-methyl/N-ethyl adjacent to an activating group) is 1. The predicted molar refractivity (Wildman–Crippen MR) is 105 cm³/mol. The van der Waals surface area contributed by atoms with E-state index >= 15 is 0 Å². The summed E-state index contributed by atoms with van der Waals surface area (Å²) in [7, 11) is 5.90. The van der Waals surface area contributed by atoms with Gasteiger partial charge < -0.3 is 20.3 Å². The Bertz CT molecular complexity index is 538. The van der Waals surface area contributed by atoms with Crippen LogP contribution in [0.25, 0.3) is 0 Å². The molecule has 0 saturated heterocycles. The van der Waals surface area contributed by atoms with Crippen LogP contribution in [0, 0.1) is 0 Å². The molecule has 5 nitrogen and oxygen atoms in total. The van der Waals surface area contributed by atoms with E-state index < -0.39 is 0 Å². The molecule has 0 bridgehead atoms. The smallest absolute Gasteiger partial charge is 0.191 e. The molecule has 1 aromatic carbocycles. The van der Waals surface area contributed by atoms with Gasteiger partial charge in [-0.15, -0.1) is 0 Å². The molecule has 140 valence electrons. The Morgan fingerprint density at radius 3 is 2.68 bits per heavy atom. The molecule has 1 aliphatic rings. The van der Waals surface area contributed by atoms with Crippen molar-refractivity contribution in [3.8, 4) is 5.75 Å². The quantitative estimate of drug-likeness (QED) is 0.588. The molecule has 0 amide bonds. The number of hydrogen-bond donors (Lipinski definition) is 2. The Morgan fingerprint density at radius 2 is 2.04 bits per heavy atom. The van der Waals surface area contributed by atoms with Crippen molar-refractivity contribution in [2.45, 2.75) is 51.1 Å². The number of benzene rings is 1. The fourth-order valence-corrected chi connectivity index (χ4v) is 3.35. The molecule has 1 aromatic rings. The molecule has 5 heteroatoms. The van der Waals surface area contributed by atoms with Gasteiger partial charge >= 0.3 is 0 Å². The summed E-state index contributed by atoms with van der Waals surface area (Å²) in [6, 6.07) is 9.04. The number of ether oxygens (including phenoxy) is 1. The van der Waals surface area contributed by atoms with Gasteiger partial charge in [-0.3, -0.25) is 4.99 Å². The Labute approximate surface area is 152 Å². The lowest BCUT2D eigenvalue weighted by Crippen LogP contribution is -2.44. The van der Waals surface area contributed by atoms with Crippen LogP contribution in [0.15, 0.2) is 29.3 Å². The zero-order chi connectivity index (χ0) is 18.1. The van der Waals surface area contributed by atoms with Gasteiger partial charge in [0.2, 0.25) is 0 Å². The number of aliphatic imine (C=N–C) groups is 1. The van der Waals surface area contributed by atoms with Gasteiger partial charge in [0.15, 0.2) is 5.96 Å². The molecule has 1 saturated carbocycles. The number of nitrogens with zero attached hydrogens (tertiary/aromatic N) is 2. The third-order valence-corrected chi connectivity index (χ3v) is 4.81. The largest absolute Gasteiger partial charge is 0.497 e. The van der Waals surface area contributed by atoms with Crippen molar-refractivity contribution < 1.29 is 4.74 Å². The fourth-order valence-electron chi connectivity index (χ4n) is 3.35. The van der Waals surface area contributed by atoms with Crippen molar-refractivity contribution in [1.29, 1.82) is 0 Å². The lowest BCUT2D eigenvalue weighted by molar-refractivity contribution is 0.304. The summed E-state index contributed by atoms with van der Waals surface area (Å²) in [5, 5.41) is 7.01. The van der Waals surface area contributed by atoms with E-state index in [1.54, 1.807) is 7.11 Å². The Hall–Kier alpha value is -1.75. The van der Waals surface area contributed by atoms with Crippen LogP contribution < -0.4 is 15.4 Å². The third kappa shape index (κ3) is 6.24. The van der Waals surface area contributed by atoms with Gasteiger partial charge in [0, 0.05) is 12.6 Å². The normalized spacial score (nSPS) is 17.4. The van der Waals surface area contributed by atoms with Gasteiger partial charge in [0.05, 0.1) is 19.7 Å². The van der Waals surface area contributed by atoms with E-state index in [2.05, 4.69) is 48.7 Å². The molecular weight excluding hydrogens is 312 g/mol. The van der Waals surface area contributed by atoms with Crippen LogP contribution in [0.4, 0.5) is 0 Å². The maximum absolute atomic E-state index is 5.37. The Morgan fingerprint density at radius 1 is 1.28 bits per heavy atom. The van der Waals surface area contributed by atoms with Gasteiger partial charge in [-0.05, 0) is 51.6 Å². The molecule has 0 radical (unpaired) electrons. The summed E-state index contributed by atoms with van der Waals surface area (Å²) in [6.07, 6.45) is 6.50. The van der Waals surface area contributed by atoms with Crippen molar-refractivity contribution in [3.63, 3.8) is 0 Å². The molecule has 0 aliphatic heterocycles. The van der Waals surface area contributed by atoms with Gasteiger partial charge in [-0.1, -0.05) is 31.4 Å². The van der Waals surface area contributed by atoms with Gasteiger partial charge in [-0.25, -0.2) is 0 Å². The number of guanidine groups is 1. The average molecular weight is 347 g/mol. The standard InChI is InChI=1S/C20H34N4O/c1-5-21-20(23-17-11-7-6-8-12-17)22-15-19(24(2)3)16-10-9-13-18(14-16)25-4/h9-10,13-14,17,19H,5-8,11-12,15H2,1-4H3,(H2,21,22,23). The number of nitrogens with one attached hydrogen (secondary N) is 2. The molecule has 0 heterocycles. The second-order valence-electron chi connectivity index (χ2n) is 6.95. The highest BCUT2D eigenvalue weighted by Gasteiger charge is 2.17. The number of rotatable bonds is 7. The van der Waals surface area contributed by atoms with Crippen LogP contribution in [-0.2, 0) is 0 Å². The zero-order valence-corrected chi connectivity index (χ0v) is 16.2. The third-order valence-electron chi connectivity index (χ3n) is 4.81. The first-order valence-electron chi connectivity index (χ1n) is 9.49. The summed E-state index contributed by atoms with van der Waals surface area (Å²) >= 11 is 0. The summed E-state index contributed by atoms with van der Waals surface area (Å²) in [4.78, 5) is 7.08. The van der Waals surface area contributed by atoms with Gasteiger partial charge in [0.25, 0.3) is 0 Å². The lowest BCUT2D eigenvalue weighted by atomic mass is 9.96. The molecule has 0 spiro atoms. The maximum Gasteiger partial charge on any atom is 0.191 e. The van der Waals surface area contributed by atoms with Gasteiger partial charge in [0.1, 0.15) is 5.75 Å². The van der Waals surface area contributed by atoms with Crippen LogP contribution in [0.2, 0.25) is 0 Å². The minimum atomic E-state index is 0.219. The highest BCUT2D eigenvalue weighted by atomic mass is 16.5. The molecule has 1 atom stereocenters. The van der Waals surface area contributed by atoms with E-state index in [0.29, 0.717) is 12.6 Å². The van der Waals surface area contributed by atoms with Crippen LogP contribution in [0.1, 0.15) is 50.6 Å². The van der Waals surface area contributed by atoms with Crippen molar-refractivity contribution in [1.82, 2.24) is 15.5 Å².